The second kappa shape index (κ2) is 8.01. The third-order valence-electron chi connectivity index (χ3n) is 6.18. The van der Waals surface area contributed by atoms with Gasteiger partial charge in [-0.25, -0.2) is 0 Å². The molecule has 1 aliphatic carbocycles. The van der Waals surface area contributed by atoms with Crippen LogP contribution in [-0.2, 0) is 17.1 Å². The summed E-state index contributed by atoms with van der Waals surface area (Å²) in [6.07, 6.45) is -8.79. The Labute approximate surface area is 181 Å². The summed E-state index contributed by atoms with van der Waals surface area (Å²) in [7, 11) is 0. The summed E-state index contributed by atoms with van der Waals surface area (Å²) in [4.78, 5) is 15.7. The van der Waals surface area contributed by atoms with E-state index in [0.717, 1.165) is 17.5 Å². The van der Waals surface area contributed by atoms with Gasteiger partial charge in [-0.2, -0.15) is 26.3 Å². The standard InChI is InChI=1S/C23H22F6N2O/c1-14-2-4-15(5-3-14)17-13-18(17)21(32)31-10-8-30(9-11-31)20-12-16(22(24,25)26)6-7-19(20)23(27,28)29/h2-7,12,17-18H,8-11,13H2,1H3/t17-,18-/m0/s1. The summed E-state index contributed by atoms with van der Waals surface area (Å²) < 4.78 is 79.4. The minimum Gasteiger partial charge on any atom is -0.367 e. The normalized spacial score (nSPS) is 21.6. The number of hydrogen-bond acceptors (Lipinski definition) is 2. The topological polar surface area (TPSA) is 23.6 Å². The van der Waals surface area contributed by atoms with Gasteiger partial charge in [0.2, 0.25) is 5.91 Å². The molecule has 0 bridgehead atoms. The Morgan fingerprint density at radius 2 is 1.50 bits per heavy atom. The number of anilines is 1. The fraction of sp³-hybridized carbons (Fsp3) is 0.435. The summed E-state index contributed by atoms with van der Waals surface area (Å²) in [5, 5.41) is 0. The lowest BCUT2D eigenvalue weighted by Crippen LogP contribution is -2.49. The molecule has 0 N–H and O–H groups in total. The Balaban J connectivity index is 1.45. The minimum atomic E-state index is -4.78. The molecule has 0 spiro atoms. The molecule has 2 aromatic rings. The van der Waals surface area contributed by atoms with Crippen molar-refractivity contribution in [3.05, 3.63) is 64.7 Å². The Morgan fingerprint density at radius 1 is 0.875 bits per heavy atom. The van der Waals surface area contributed by atoms with Crippen molar-refractivity contribution in [3.63, 3.8) is 0 Å². The first-order chi connectivity index (χ1) is 14.9. The average Bonchev–Trinajstić information content (AvgIpc) is 3.53. The number of rotatable bonds is 3. The molecule has 1 saturated carbocycles. The van der Waals surface area contributed by atoms with Crippen LogP contribution in [0.3, 0.4) is 0 Å². The molecule has 0 radical (unpaired) electrons. The van der Waals surface area contributed by atoms with E-state index in [2.05, 4.69) is 0 Å². The van der Waals surface area contributed by atoms with E-state index in [1.807, 2.05) is 31.2 Å². The number of halogens is 6. The SMILES string of the molecule is Cc1ccc([C@@H]2C[C@@H]2C(=O)N2CCN(c3cc(C(F)(F)F)ccc3C(F)(F)F)CC2)cc1. The number of benzene rings is 2. The number of amides is 1. The highest BCUT2D eigenvalue weighted by Crippen LogP contribution is 2.48. The van der Waals surface area contributed by atoms with Crippen LogP contribution in [0, 0.1) is 12.8 Å². The van der Waals surface area contributed by atoms with Gasteiger partial charge in [0.15, 0.2) is 0 Å². The van der Waals surface area contributed by atoms with Crippen LogP contribution in [0.25, 0.3) is 0 Å². The van der Waals surface area contributed by atoms with E-state index in [1.165, 1.54) is 4.90 Å². The van der Waals surface area contributed by atoms with Gasteiger partial charge in [0.05, 0.1) is 11.1 Å². The molecule has 2 aliphatic rings. The van der Waals surface area contributed by atoms with Crippen LogP contribution >= 0.6 is 0 Å². The van der Waals surface area contributed by atoms with Crippen LogP contribution < -0.4 is 4.90 Å². The molecule has 2 aromatic carbocycles. The number of aryl methyl sites for hydroxylation is 1. The average molecular weight is 456 g/mol. The molecule has 1 heterocycles. The Bertz CT molecular complexity index is 991. The van der Waals surface area contributed by atoms with E-state index in [9.17, 15) is 31.1 Å². The monoisotopic (exact) mass is 456 g/mol. The van der Waals surface area contributed by atoms with Crippen LogP contribution in [0.1, 0.15) is 34.6 Å². The van der Waals surface area contributed by atoms with Crippen molar-refractivity contribution in [3.8, 4) is 0 Å². The molecule has 172 valence electrons. The van der Waals surface area contributed by atoms with Gasteiger partial charge in [-0.3, -0.25) is 4.79 Å². The minimum absolute atomic E-state index is 0.0397. The quantitative estimate of drug-likeness (QED) is 0.571. The van der Waals surface area contributed by atoms with Gasteiger partial charge < -0.3 is 9.80 Å². The third-order valence-corrected chi connectivity index (χ3v) is 6.18. The van der Waals surface area contributed by atoms with Crippen molar-refractivity contribution in [1.29, 1.82) is 0 Å². The Kier molecular flexibility index (Phi) is 5.63. The fourth-order valence-electron chi connectivity index (χ4n) is 4.26. The smallest absolute Gasteiger partial charge is 0.367 e. The van der Waals surface area contributed by atoms with Crippen molar-refractivity contribution < 1.29 is 31.1 Å². The summed E-state index contributed by atoms with van der Waals surface area (Å²) in [6.45, 7) is 2.40. The summed E-state index contributed by atoms with van der Waals surface area (Å²) >= 11 is 0. The van der Waals surface area contributed by atoms with E-state index >= 15 is 0 Å². The molecule has 4 rings (SSSR count). The predicted molar refractivity (Wildman–Crippen MR) is 107 cm³/mol. The number of hydrogen-bond donors (Lipinski definition) is 0. The first kappa shape index (κ1) is 22.5. The van der Waals surface area contributed by atoms with Crippen LogP contribution in [0.2, 0.25) is 0 Å². The van der Waals surface area contributed by atoms with Crippen molar-refractivity contribution in [1.82, 2.24) is 4.90 Å². The number of nitrogens with zero attached hydrogens (tertiary/aromatic N) is 2. The van der Waals surface area contributed by atoms with Gasteiger partial charge in [-0.1, -0.05) is 29.8 Å². The van der Waals surface area contributed by atoms with Gasteiger partial charge in [0.1, 0.15) is 0 Å². The molecular weight excluding hydrogens is 434 g/mol. The zero-order valence-corrected chi connectivity index (χ0v) is 17.3. The van der Waals surface area contributed by atoms with Crippen LogP contribution in [-0.4, -0.2) is 37.0 Å². The Hall–Kier alpha value is -2.71. The lowest BCUT2D eigenvalue weighted by molar-refractivity contribution is -0.141. The number of piperazine rings is 1. The first-order valence-corrected chi connectivity index (χ1v) is 10.3. The molecule has 0 aromatic heterocycles. The summed E-state index contributed by atoms with van der Waals surface area (Å²) in [5.74, 6) is -0.0553. The van der Waals surface area contributed by atoms with Crippen molar-refractivity contribution >= 4 is 11.6 Å². The number of alkyl halides is 6. The molecule has 2 fully saturated rings. The van der Waals surface area contributed by atoms with Gasteiger partial charge in [0, 0.05) is 37.8 Å². The van der Waals surface area contributed by atoms with Gasteiger partial charge in [-0.15, -0.1) is 0 Å². The zero-order valence-electron chi connectivity index (χ0n) is 17.3. The molecule has 2 atom stereocenters. The maximum Gasteiger partial charge on any atom is 0.418 e. The van der Waals surface area contributed by atoms with Crippen LogP contribution in [0.15, 0.2) is 42.5 Å². The molecular formula is C23H22F6N2O. The van der Waals surface area contributed by atoms with E-state index in [0.29, 0.717) is 18.2 Å². The molecule has 1 amide bonds. The van der Waals surface area contributed by atoms with Crippen molar-refractivity contribution in [2.45, 2.75) is 31.6 Å². The van der Waals surface area contributed by atoms with E-state index in [4.69, 9.17) is 0 Å². The molecule has 9 heteroatoms. The maximum absolute atomic E-state index is 13.4. The fourth-order valence-corrected chi connectivity index (χ4v) is 4.26. The molecule has 32 heavy (non-hydrogen) atoms. The van der Waals surface area contributed by atoms with Gasteiger partial charge in [-0.05, 0) is 43.0 Å². The highest BCUT2D eigenvalue weighted by Gasteiger charge is 2.46. The lowest BCUT2D eigenvalue weighted by Gasteiger charge is -2.37. The van der Waals surface area contributed by atoms with E-state index in [-0.39, 0.29) is 43.9 Å². The first-order valence-electron chi connectivity index (χ1n) is 10.3. The van der Waals surface area contributed by atoms with Gasteiger partial charge >= 0.3 is 12.4 Å². The second-order valence-electron chi connectivity index (χ2n) is 8.40. The number of carbonyl (C=O) groups excluding carboxylic acids is 1. The summed E-state index contributed by atoms with van der Waals surface area (Å²) in [6, 6.07) is 9.45. The largest absolute Gasteiger partial charge is 0.418 e. The lowest BCUT2D eigenvalue weighted by atomic mass is 10.1. The summed E-state index contributed by atoms with van der Waals surface area (Å²) in [5.41, 5.74) is -0.513. The van der Waals surface area contributed by atoms with Gasteiger partial charge in [0.25, 0.3) is 0 Å². The molecule has 1 saturated heterocycles. The van der Waals surface area contributed by atoms with Crippen molar-refractivity contribution in [2.24, 2.45) is 5.92 Å². The van der Waals surface area contributed by atoms with E-state index in [1.54, 1.807) is 4.90 Å². The highest BCUT2D eigenvalue weighted by atomic mass is 19.4. The van der Waals surface area contributed by atoms with Crippen molar-refractivity contribution in [2.75, 3.05) is 31.1 Å². The zero-order chi connectivity index (χ0) is 23.3. The highest BCUT2D eigenvalue weighted by molar-refractivity contribution is 5.83. The predicted octanol–water partition coefficient (Wildman–Crippen LogP) is 5.48. The molecule has 0 unspecified atom stereocenters. The van der Waals surface area contributed by atoms with Crippen LogP contribution in [0.5, 0.6) is 0 Å². The molecule has 1 aliphatic heterocycles. The second-order valence-corrected chi connectivity index (χ2v) is 8.40. The number of carbonyl (C=O) groups is 1. The third kappa shape index (κ3) is 4.56. The van der Waals surface area contributed by atoms with Crippen LogP contribution in [0.4, 0.5) is 32.0 Å². The molecule has 3 nitrogen and oxygen atoms in total. The Morgan fingerprint density at radius 3 is 2.06 bits per heavy atom. The maximum atomic E-state index is 13.4. The van der Waals surface area contributed by atoms with E-state index < -0.39 is 29.2 Å².